The standard InChI is InChI=1S/C25H22FNO5/c1-31-23-11-10-15(12-21(23)26)13-22(24(28)29)27-25(30)32-14-20-18-8-4-2-6-16(18)17-7-3-5-9-19(17)20/h2-12,20,22H,13-14H2,1H3,(H,27,30)(H,28,29)/t22-/m1/s1. The van der Waals surface area contributed by atoms with Gasteiger partial charge in [-0.25, -0.2) is 14.0 Å². The molecule has 4 rings (SSSR count). The highest BCUT2D eigenvalue weighted by Crippen LogP contribution is 2.44. The van der Waals surface area contributed by atoms with Crippen LogP contribution in [0, 0.1) is 5.82 Å². The summed E-state index contributed by atoms with van der Waals surface area (Å²) in [6.45, 7) is 0.0728. The Morgan fingerprint density at radius 1 is 1.03 bits per heavy atom. The minimum absolute atomic E-state index is 0.0603. The van der Waals surface area contributed by atoms with Crippen molar-refractivity contribution in [1.29, 1.82) is 0 Å². The Labute approximate surface area is 184 Å². The van der Waals surface area contributed by atoms with Crippen LogP contribution in [-0.2, 0) is 16.0 Å². The summed E-state index contributed by atoms with van der Waals surface area (Å²) < 4.78 is 24.2. The second kappa shape index (κ2) is 9.09. The zero-order valence-electron chi connectivity index (χ0n) is 17.4. The number of amides is 1. The lowest BCUT2D eigenvalue weighted by Crippen LogP contribution is -2.42. The van der Waals surface area contributed by atoms with Crippen molar-refractivity contribution in [2.75, 3.05) is 13.7 Å². The Kier molecular flexibility index (Phi) is 6.07. The summed E-state index contributed by atoms with van der Waals surface area (Å²) in [5, 5.41) is 11.9. The molecule has 0 aromatic heterocycles. The van der Waals surface area contributed by atoms with E-state index in [0.717, 1.165) is 22.3 Å². The fraction of sp³-hybridized carbons (Fsp3) is 0.200. The van der Waals surface area contributed by atoms with Crippen LogP contribution in [0.25, 0.3) is 11.1 Å². The van der Waals surface area contributed by atoms with Gasteiger partial charge in [-0.1, -0.05) is 54.6 Å². The largest absolute Gasteiger partial charge is 0.494 e. The number of carbonyl (C=O) groups is 2. The number of hydrogen-bond donors (Lipinski definition) is 2. The Morgan fingerprint density at radius 3 is 2.22 bits per heavy atom. The molecule has 1 aliphatic rings. The van der Waals surface area contributed by atoms with Crippen molar-refractivity contribution in [3.05, 3.63) is 89.2 Å². The topological polar surface area (TPSA) is 84.9 Å². The zero-order valence-corrected chi connectivity index (χ0v) is 17.4. The first-order valence-electron chi connectivity index (χ1n) is 10.1. The number of alkyl carbamates (subject to hydrolysis) is 1. The molecule has 0 saturated carbocycles. The number of rotatable bonds is 7. The lowest BCUT2D eigenvalue weighted by atomic mass is 9.98. The smallest absolute Gasteiger partial charge is 0.407 e. The Balaban J connectivity index is 1.42. The van der Waals surface area contributed by atoms with Crippen LogP contribution in [0.4, 0.5) is 9.18 Å². The second-order valence-electron chi connectivity index (χ2n) is 7.53. The first-order chi connectivity index (χ1) is 15.5. The van der Waals surface area contributed by atoms with Crippen molar-refractivity contribution >= 4 is 12.1 Å². The van der Waals surface area contributed by atoms with Crippen LogP contribution in [0.5, 0.6) is 5.75 Å². The van der Waals surface area contributed by atoms with E-state index < -0.39 is 23.9 Å². The van der Waals surface area contributed by atoms with E-state index in [4.69, 9.17) is 9.47 Å². The number of nitrogens with one attached hydrogen (secondary N) is 1. The molecule has 3 aromatic carbocycles. The van der Waals surface area contributed by atoms with Gasteiger partial charge in [0.1, 0.15) is 12.6 Å². The first kappa shape index (κ1) is 21.4. The molecule has 0 saturated heterocycles. The Bertz CT molecular complexity index is 1120. The number of carbonyl (C=O) groups excluding carboxylic acids is 1. The van der Waals surface area contributed by atoms with E-state index in [1.807, 2.05) is 48.5 Å². The van der Waals surface area contributed by atoms with Crippen LogP contribution in [0.3, 0.4) is 0 Å². The van der Waals surface area contributed by atoms with Crippen LogP contribution < -0.4 is 10.1 Å². The molecule has 3 aromatic rings. The molecule has 0 unspecified atom stereocenters. The van der Waals surface area contributed by atoms with Gasteiger partial charge in [-0.2, -0.15) is 0 Å². The maximum absolute atomic E-state index is 13.9. The van der Waals surface area contributed by atoms with E-state index >= 15 is 0 Å². The summed E-state index contributed by atoms with van der Waals surface area (Å²) >= 11 is 0. The zero-order chi connectivity index (χ0) is 22.7. The average Bonchev–Trinajstić information content (AvgIpc) is 3.11. The van der Waals surface area contributed by atoms with Gasteiger partial charge in [-0.15, -0.1) is 0 Å². The van der Waals surface area contributed by atoms with Crippen LogP contribution >= 0.6 is 0 Å². The predicted octanol–water partition coefficient (Wildman–Crippen LogP) is 4.37. The molecule has 0 bridgehead atoms. The van der Waals surface area contributed by atoms with Gasteiger partial charge in [0.15, 0.2) is 11.6 Å². The maximum atomic E-state index is 13.9. The highest BCUT2D eigenvalue weighted by Gasteiger charge is 2.29. The highest BCUT2D eigenvalue weighted by atomic mass is 19.1. The first-order valence-corrected chi connectivity index (χ1v) is 10.1. The van der Waals surface area contributed by atoms with Crippen molar-refractivity contribution in [2.24, 2.45) is 0 Å². The summed E-state index contributed by atoms with van der Waals surface area (Å²) in [6.07, 6.45) is -0.936. The fourth-order valence-corrected chi connectivity index (χ4v) is 4.05. The fourth-order valence-electron chi connectivity index (χ4n) is 4.05. The van der Waals surface area contributed by atoms with Crippen LogP contribution in [-0.4, -0.2) is 36.9 Å². The lowest BCUT2D eigenvalue weighted by Gasteiger charge is -2.17. The van der Waals surface area contributed by atoms with Gasteiger partial charge in [-0.05, 0) is 39.9 Å². The van der Waals surface area contributed by atoms with E-state index in [9.17, 15) is 19.1 Å². The predicted molar refractivity (Wildman–Crippen MR) is 116 cm³/mol. The highest BCUT2D eigenvalue weighted by molar-refractivity contribution is 5.81. The molecule has 7 heteroatoms. The Hall–Kier alpha value is -3.87. The number of carboxylic acids is 1. The number of carboxylic acid groups (broad SMARTS) is 1. The lowest BCUT2D eigenvalue weighted by molar-refractivity contribution is -0.139. The average molecular weight is 435 g/mol. The van der Waals surface area contributed by atoms with E-state index in [0.29, 0.717) is 5.56 Å². The number of fused-ring (bicyclic) bond motifs is 3. The van der Waals surface area contributed by atoms with Crippen LogP contribution in [0.15, 0.2) is 66.7 Å². The SMILES string of the molecule is COc1ccc(C[C@@H](NC(=O)OCC2c3ccccc3-c3ccccc32)C(=O)O)cc1F. The van der Waals surface area contributed by atoms with E-state index in [1.54, 1.807) is 6.07 Å². The molecule has 1 amide bonds. The molecule has 1 aliphatic carbocycles. The minimum Gasteiger partial charge on any atom is -0.494 e. The number of methoxy groups -OCH3 is 1. The molecule has 0 radical (unpaired) electrons. The van der Waals surface area contributed by atoms with Gasteiger partial charge in [0, 0.05) is 12.3 Å². The maximum Gasteiger partial charge on any atom is 0.407 e. The number of aliphatic carboxylic acids is 1. The molecule has 164 valence electrons. The molecular weight excluding hydrogens is 413 g/mol. The van der Waals surface area contributed by atoms with Crippen molar-refractivity contribution in [3.63, 3.8) is 0 Å². The summed E-state index contributed by atoms with van der Waals surface area (Å²) in [6, 6.07) is 18.7. The molecule has 32 heavy (non-hydrogen) atoms. The summed E-state index contributed by atoms with van der Waals surface area (Å²) in [5.74, 6) is -1.91. The van der Waals surface area contributed by atoms with Crippen molar-refractivity contribution in [3.8, 4) is 16.9 Å². The molecule has 2 N–H and O–H groups in total. The second-order valence-corrected chi connectivity index (χ2v) is 7.53. The normalized spacial score (nSPS) is 13.1. The number of ether oxygens (including phenoxy) is 2. The summed E-state index contributed by atoms with van der Waals surface area (Å²) in [4.78, 5) is 24.1. The molecule has 0 heterocycles. The molecular formula is C25H22FNO5. The van der Waals surface area contributed by atoms with Crippen molar-refractivity contribution in [1.82, 2.24) is 5.32 Å². The number of halogens is 1. The van der Waals surface area contributed by atoms with Crippen molar-refractivity contribution < 1.29 is 28.6 Å². The van der Waals surface area contributed by atoms with Gasteiger partial charge in [-0.3, -0.25) is 0 Å². The monoisotopic (exact) mass is 435 g/mol. The third kappa shape index (κ3) is 4.27. The molecule has 1 atom stereocenters. The molecule has 0 spiro atoms. The molecule has 6 nitrogen and oxygen atoms in total. The molecule has 0 aliphatic heterocycles. The van der Waals surface area contributed by atoms with Gasteiger partial charge in [0.05, 0.1) is 7.11 Å². The van der Waals surface area contributed by atoms with E-state index in [2.05, 4.69) is 5.32 Å². The Morgan fingerprint density at radius 2 is 1.66 bits per heavy atom. The number of benzene rings is 3. The van der Waals surface area contributed by atoms with Gasteiger partial charge in [0.2, 0.25) is 0 Å². The molecule has 0 fully saturated rings. The van der Waals surface area contributed by atoms with E-state index in [1.165, 1.54) is 19.2 Å². The van der Waals surface area contributed by atoms with Gasteiger partial charge < -0.3 is 19.9 Å². The van der Waals surface area contributed by atoms with Gasteiger partial charge >= 0.3 is 12.1 Å². The summed E-state index contributed by atoms with van der Waals surface area (Å²) in [5.41, 5.74) is 4.73. The quantitative estimate of drug-likeness (QED) is 0.576. The van der Waals surface area contributed by atoms with Crippen LogP contribution in [0.1, 0.15) is 22.6 Å². The van der Waals surface area contributed by atoms with Gasteiger partial charge in [0.25, 0.3) is 0 Å². The third-order valence-electron chi connectivity index (χ3n) is 5.59. The minimum atomic E-state index is -1.27. The van der Waals surface area contributed by atoms with Crippen molar-refractivity contribution in [2.45, 2.75) is 18.4 Å². The third-order valence-corrected chi connectivity index (χ3v) is 5.59. The number of hydrogen-bond acceptors (Lipinski definition) is 4. The van der Waals surface area contributed by atoms with Crippen LogP contribution in [0.2, 0.25) is 0 Å². The summed E-state index contributed by atoms with van der Waals surface area (Å²) in [7, 11) is 1.34. The van der Waals surface area contributed by atoms with E-state index in [-0.39, 0.29) is 24.7 Å².